The van der Waals surface area contributed by atoms with Gasteiger partial charge < -0.3 is 30.7 Å². The summed E-state index contributed by atoms with van der Waals surface area (Å²) < 4.78 is 30.8. The molecule has 4 N–H and O–H groups in total. The molecular formula is C30H42N4O6S. The molecule has 2 aromatic rings. The van der Waals surface area contributed by atoms with Crippen LogP contribution in [0.1, 0.15) is 37.7 Å². The number of sulfone groups is 1. The van der Waals surface area contributed by atoms with E-state index in [-0.39, 0.29) is 36.1 Å². The second-order valence-electron chi connectivity index (χ2n) is 10.8. The van der Waals surface area contributed by atoms with Gasteiger partial charge >= 0.3 is 0 Å². The Balaban J connectivity index is 1.32. The van der Waals surface area contributed by atoms with E-state index in [0.717, 1.165) is 31.4 Å². The van der Waals surface area contributed by atoms with E-state index >= 15 is 0 Å². The highest BCUT2D eigenvalue weighted by Crippen LogP contribution is 2.35. The maximum Gasteiger partial charge on any atom is 0.242 e. The third-order valence-electron chi connectivity index (χ3n) is 8.21. The van der Waals surface area contributed by atoms with Crippen LogP contribution in [-0.2, 0) is 30.6 Å². The molecule has 0 aliphatic carbocycles. The van der Waals surface area contributed by atoms with Crippen LogP contribution >= 0.6 is 0 Å². The first-order valence-corrected chi connectivity index (χ1v) is 15.9. The van der Waals surface area contributed by atoms with Crippen molar-refractivity contribution in [1.82, 2.24) is 16.0 Å². The second-order valence-corrected chi connectivity index (χ2v) is 13.0. The second kappa shape index (κ2) is 14.3. The molecule has 2 aliphatic rings. The number of ether oxygens (including phenoxy) is 1. The summed E-state index contributed by atoms with van der Waals surface area (Å²) in [6.45, 7) is 2.66. The molecule has 1 atom stereocenters. The molecule has 1 unspecified atom stereocenters. The quantitative estimate of drug-likeness (QED) is 0.218. The van der Waals surface area contributed by atoms with Crippen LogP contribution in [0, 0.1) is 5.92 Å². The van der Waals surface area contributed by atoms with Gasteiger partial charge in [0.2, 0.25) is 11.8 Å². The summed E-state index contributed by atoms with van der Waals surface area (Å²) in [5.41, 5.74) is 2.16. The smallest absolute Gasteiger partial charge is 0.242 e. The van der Waals surface area contributed by atoms with E-state index in [1.165, 1.54) is 12.7 Å². The molecule has 2 heterocycles. The van der Waals surface area contributed by atoms with E-state index in [4.69, 9.17) is 4.74 Å². The van der Waals surface area contributed by atoms with Crippen molar-refractivity contribution in [2.24, 2.45) is 5.92 Å². The molecule has 4 rings (SSSR count). The highest BCUT2D eigenvalue weighted by atomic mass is 32.2. The number of rotatable bonds is 12. The lowest BCUT2D eigenvalue weighted by atomic mass is 9.95. The van der Waals surface area contributed by atoms with Gasteiger partial charge in [-0.1, -0.05) is 30.3 Å². The summed E-state index contributed by atoms with van der Waals surface area (Å²) in [4.78, 5) is 28.1. The number of nitrogens with one attached hydrogen (secondary N) is 3. The molecular weight excluding hydrogens is 544 g/mol. The van der Waals surface area contributed by atoms with E-state index in [2.05, 4.69) is 33.0 Å². The lowest BCUT2D eigenvalue weighted by Gasteiger charge is -2.36. The van der Waals surface area contributed by atoms with E-state index in [1.54, 1.807) is 24.3 Å². The van der Waals surface area contributed by atoms with Gasteiger partial charge in [-0.25, -0.2) is 8.42 Å². The van der Waals surface area contributed by atoms with Gasteiger partial charge in [0, 0.05) is 38.3 Å². The van der Waals surface area contributed by atoms with Gasteiger partial charge in [0.25, 0.3) is 0 Å². The third-order valence-corrected chi connectivity index (χ3v) is 10.7. The normalized spacial score (nSPS) is 18.4. The number of hydrogen-bond donors (Lipinski definition) is 4. The van der Waals surface area contributed by atoms with Crippen LogP contribution in [-0.4, -0.2) is 82.8 Å². The van der Waals surface area contributed by atoms with E-state index in [1.807, 2.05) is 18.2 Å². The van der Waals surface area contributed by atoms with E-state index in [9.17, 15) is 23.1 Å². The lowest BCUT2D eigenvalue weighted by molar-refractivity contribution is -0.128. The summed E-state index contributed by atoms with van der Waals surface area (Å²) in [5.74, 6) is -0.556. The number of aliphatic hydroxyl groups excluding tert-OH is 1. The van der Waals surface area contributed by atoms with Gasteiger partial charge in [0.1, 0.15) is 0 Å². The van der Waals surface area contributed by atoms with Crippen LogP contribution in [0.25, 0.3) is 0 Å². The van der Waals surface area contributed by atoms with Crippen molar-refractivity contribution in [3.05, 3.63) is 60.2 Å². The zero-order chi connectivity index (χ0) is 29.3. The number of carbonyl (C=O) groups excluding carboxylic acids is 2. The minimum absolute atomic E-state index is 0.0301. The van der Waals surface area contributed by atoms with Gasteiger partial charge in [0.05, 0.1) is 11.4 Å². The first-order valence-electron chi connectivity index (χ1n) is 14.4. The first-order chi connectivity index (χ1) is 19.8. The maximum absolute atomic E-state index is 13.8. The Bertz CT molecular complexity index is 1240. The van der Waals surface area contributed by atoms with E-state index < -0.39 is 26.8 Å². The van der Waals surface area contributed by atoms with Crippen LogP contribution < -0.4 is 20.9 Å². The van der Waals surface area contributed by atoms with Crippen LogP contribution in [0.3, 0.4) is 0 Å². The largest absolute Gasteiger partial charge is 0.371 e. The van der Waals surface area contributed by atoms with Gasteiger partial charge in [-0.05, 0) is 81.4 Å². The summed E-state index contributed by atoms with van der Waals surface area (Å²) in [7, 11) is -2.71. The standard InChI is InChI=1S/C30H42N4O6S/c1-40-27(35)22-33-29(37)30(15-18-31-19-16-30)41(38,39)26-11-9-25(10-12-26)34-20-13-24(14-21-34)28(36)32-17-5-8-23-6-3-2-4-7-23/h2-4,6-7,9-12,24,27,31,35H,5,8,13-22H2,1H3,(H,32,36)(H,33,37). The number of anilines is 1. The Labute approximate surface area is 242 Å². The molecule has 11 heteroatoms. The fourth-order valence-corrected chi connectivity index (χ4v) is 7.63. The molecule has 10 nitrogen and oxygen atoms in total. The van der Waals surface area contributed by atoms with Crippen LogP contribution in [0.2, 0.25) is 0 Å². The highest BCUT2D eigenvalue weighted by Gasteiger charge is 2.51. The molecule has 2 aromatic carbocycles. The fourth-order valence-electron chi connectivity index (χ4n) is 5.63. The van der Waals surface area contributed by atoms with Crippen molar-refractivity contribution in [2.75, 3.05) is 51.3 Å². The number of aryl methyl sites for hydroxylation is 1. The summed E-state index contributed by atoms with van der Waals surface area (Å²) in [6.07, 6.45) is 2.35. The van der Waals surface area contributed by atoms with Crippen molar-refractivity contribution in [1.29, 1.82) is 0 Å². The average molecular weight is 587 g/mol. The summed E-state index contributed by atoms with van der Waals surface area (Å²) >= 11 is 0. The molecule has 0 aromatic heterocycles. The number of benzene rings is 2. The topological polar surface area (TPSA) is 137 Å². The van der Waals surface area contributed by atoms with Gasteiger partial charge in [-0.3, -0.25) is 9.59 Å². The van der Waals surface area contributed by atoms with Crippen molar-refractivity contribution in [3.8, 4) is 0 Å². The van der Waals surface area contributed by atoms with Gasteiger partial charge in [-0.15, -0.1) is 0 Å². The summed E-state index contributed by atoms with van der Waals surface area (Å²) in [5, 5.41) is 18.4. The molecule has 0 radical (unpaired) electrons. The Morgan fingerprint density at radius 1 is 1.05 bits per heavy atom. The Morgan fingerprint density at radius 3 is 2.34 bits per heavy atom. The van der Waals surface area contributed by atoms with E-state index in [0.29, 0.717) is 32.7 Å². The number of methoxy groups -OCH3 is 1. The zero-order valence-electron chi connectivity index (χ0n) is 23.7. The Morgan fingerprint density at radius 2 is 1.71 bits per heavy atom. The average Bonchev–Trinajstić information content (AvgIpc) is 3.02. The van der Waals surface area contributed by atoms with Gasteiger partial charge in [-0.2, -0.15) is 0 Å². The molecule has 2 fully saturated rings. The zero-order valence-corrected chi connectivity index (χ0v) is 24.5. The highest BCUT2D eigenvalue weighted by molar-refractivity contribution is 7.93. The van der Waals surface area contributed by atoms with Gasteiger partial charge in [0.15, 0.2) is 20.9 Å². The van der Waals surface area contributed by atoms with Crippen LogP contribution in [0.4, 0.5) is 5.69 Å². The lowest BCUT2D eigenvalue weighted by Crippen LogP contribution is -2.58. The number of piperidine rings is 2. The molecule has 0 spiro atoms. The molecule has 2 aliphatic heterocycles. The molecule has 2 amide bonds. The molecule has 224 valence electrons. The maximum atomic E-state index is 13.8. The summed E-state index contributed by atoms with van der Waals surface area (Å²) in [6, 6.07) is 16.9. The predicted octanol–water partition coefficient (Wildman–Crippen LogP) is 1.63. The molecule has 0 bridgehead atoms. The monoisotopic (exact) mass is 586 g/mol. The Kier molecular flexibility index (Phi) is 10.8. The fraction of sp³-hybridized carbons (Fsp3) is 0.533. The number of hydrogen-bond acceptors (Lipinski definition) is 8. The van der Waals surface area contributed by atoms with Crippen molar-refractivity contribution in [2.45, 2.75) is 54.5 Å². The van der Waals surface area contributed by atoms with Crippen molar-refractivity contribution >= 4 is 27.3 Å². The third kappa shape index (κ3) is 7.45. The first kappa shape index (κ1) is 31.0. The molecule has 41 heavy (non-hydrogen) atoms. The Hall–Kier alpha value is -2.99. The predicted molar refractivity (Wildman–Crippen MR) is 157 cm³/mol. The number of amides is 2. The minimum atomic E-state index is -4.02. The van der Waals surface area contributed by atoms with Crippen molar-refractivity contribution < 1.29 is 27.9 Å². The minimum Gasteiger partial charge on any atom is -0.371 e. The van der Waals surface area contributed by atoms with Crippen LogP contribution in [0.15, 0.2) is 59.5 Å². The molecule has 2 saturated heterocycles. The van der Waals surface area contributed by atoms with Crippen LogP contribution in [0.5, 0.6) is 0 Å². The molecule has 0 saturated carbocycles. The van der Waals surface area contributed by atoms with Crippen molar-refractivity contribution in [3.63, 3.8) is 0 Å². The SMILES string of the molecule is COC(O)CNC(=O)C1(S(=O)(=O)c2ccc(N3CCC(C(=O)NCCCc4ccccc4)CC3)cc2)CCNCC1. The number of nitrogens with zero attached hydrogens (tertiary/aromatic N) is 1. The number of carbonyl (C=O) groups is 2. The number of aliphatic hydroxyl groups is 1.